The van der Waals surface area contributed by atoms with Gasteiger partial charge < -0.3 is 20.1 Å². The standard InChI is InChI=1S/C17H25N3O3/c1-12(13-8-9-22-11-13)19-17(21)20-14-6-7-16(18-10-14)23-15-4-2-3-5-15/h6-7,10,12-13,15H,2-5,8-9,11H2,1H3,(H2,19,20,21). The second-order valence-electron chi connectivity index (χ2n) is 6.42. The van der Waals surface area contributed by atoms with Crippen LogP contribution in [0.3, 0.4) is 0 Å². The number of carbonyl (C=O) groups is 1. The Balaban J connectivity index is 1.46. The van der Waals surface area contributed by atoms with Gasteiger partial charge >= 0.3 is 6.03 Å². The zero-order valence-corrected chi connectivity index (χ0v) is 13.6. The van der Waals surface area contributed by atoms with Gasteiger partial charge in [0.25, 0.3) is 0 Å². The van der Waals surface area contributed by atoms with E-state index in [1.165, 1.54) is 12.8 Å². The van der Waals surface area contributed by atoms with E-state index in [0.29, 0.717) is 23.6 Å². The molecule has 1 saturated carbocycles. The predicted octanol–water partition coefficient (Wildman–Crippen LogP) is 2.95. The lowest BCUT2D eigenvalue weighted by atomic mass is 10.0. The lowest BCUT2D eigenvalue weighted by Crippen LogP contribution is -2.40. The average Bonchev–Trinajstić information content (AvgIpc) is 3.22. The maximum atomic E-state index is 12.0. The van der Waals surface area contributed by atoms with E-state index >= 15 is 0 Å². The van der Waals surface area contributed by atoms with E-state index in [1.54, 1.807) is 6.20 Å². The first-order chi connectivity index (χ1) is 11.2. The second kappa shape index (κ2) is 7.64. The first-order valence-corrected chi connectivity index (χ1v) is 8.48. The molecule has 2 heterocycles. The Hall–Kier alpha value is -1.82. The number of ether oxygens (including phenoxy) is 2. The van der Waals surface area contributed by atoms with Crippen molar-refractivity contribution in [2.45, 2.75) is 51.2 Å². The monoisotopic (exact) mass is 319 g/mol. The van der Waals surface area contributed by atoms with Crippen LogP contribution in [-0.4, -0.2) is 36.4 Å². The van der Waals surface area contributed by atoms with Crippen LogP contribution in [-0.2, 0) is 4.74 Å². The molecule has 1 saturated heterocycles. The number of aromatic nitrogens is 1. The number of nitrogens with one attached hydrogen (secondary N) is 2. The summed E-state index contributed by atoms with van der Waals surface area (Å²) in [6.45, 7) is 3.51. The highest BCUT2D eigenvalue weighted by Crippen LogP contribution is 2.23. The van der Waals surface area contributed by atoms with E-state index < -0.39 is 0 Å². The van der Waals surface area contributed by atoms with Crippen molar-refractivity contribution in [3.05, 3.63) is 18.3 Å². The molecule has 2 unspecified atom stereocenters. The minimum atomic E-state index is -0.212. The lowest BCUT2D eigenvalue weighted by Gasteiger charge is -2.19. The normalized spacial score (nSPS) is 22.7. The molecular formula is C17H25N3O3. The summed E-state index contributed by atoms with van der Waals surface area (Å²) in [5.74, 6) is 1.01. The summed E-state index contributed by atoms with van der Waals surface area (Å²) in [7, 11) is 0. The highest BCUT2D eigenvalue weighted by Gasteiger charge is 2.23. The Kier molecular flexibility index (Phi) is 5.33. The molecule has 1 aliphatic carbocycles. The summed E-state index contributed by atoms with van der Waals surface area (Å²) in [6, 6.07) is 3.51. The maximum Gasteiger partial charge on any atom is 0.319 e. The van der Waals surface area contributed by atoms with Crippen LogP contribution in [0.25, 0.3) is 0 Å². The van der Waals surface area contributed by atoms with Crippen LogP contribution in [0.1, 0.15) is 39.0 Å². The van der Waals surface area contributed by atoms with Gasteiger partial charge in [0.15, 0.2) is 0 Å². The average molecular weight is 319 g/mol. The number of amides is 2. The molecule has 2 aliphatic rings. The van der Waals surface area contributed by atoms with E-state index in [2.05, 4.69) is 15.6 Å². The smallest absolute Gasteiger partial charge is 0.319 e. The van der Waals surface area contributed by atoms with Crippen LogP contribution in [0.4, 0.5) is 10.5 Å². The number of pyridine rings is 1. The van der Waals surface area contributed by atoms with Crippen molar-refractivity contribution < 1.29 is 14.3 Å². The summed E-state index contributed by atoms with van der Waals surface area (Å²) >= 11 is 0. The molecule has 0 bridgehead atoms. The van der Waals surface area contributed by atoms with Gasteiger partial charge in [-0.2, -0.15) is 0 Å². The number of hydrogen-bond acceptors (Lipinski definition) is 4. The Morgan fingerprint density at radius 2 is 2.17 bits per heavy atom. The van der Waals surface area contributed by atoms with Crippen molar-refractivity contribution in [1.82, 2.24) is 10.3 Å². The first-order valence-electron chi connectivity index (χ1n) is 8.48. The fourth-order valence-electron chi connectivity index (χ4n) is 3.14. The lowest BCUT2D eigenvalue weighted by molar-refractivity contribution is 0.178. The van der Waals surface area contributed by atoms with Crippen molar-refractivity contribution in [2.75, 3.05) is 18.5 Å². The largest absolute Gasteiger partial charge is 0.474 e. The third-order valence-electron chi connectivity index (χ3n) is 4.61. The topological polar surface area (TPSA) is 72.5 Å². The molecule has 0 spiro atoms. The first kappa shape index (κ1) is 16.1. The molecule has 0 radical (unpaired) electrons. The van der Waals surface area contributed by atoms with Gasteiger partial charge in [-0.3, -0.25) is 0 Å². The molecule has 6 heteroatoms. The van der Waals surface area contributed by atoms with E-state index in [-0.39, 0.29) is 12.1 Å². The Bertz CT molecular complexity index is 508. The Morgan fingerprint density at radius 3 is 2.83 bits per heavy atom. The molecule has 1 aromatic heterocycles. The van der Waals surface area contributed by atoms with Crippen molar-refractivity contribution in [1.29, 1.82) is 0 Å². The van der Waals surface area contributed by atoms with E-state index in [1.807, 2.05) is 19.1 Å². The maximum absolute atomic E-state index is 12.0. The number of hydrogen-bond donors (Lipinski definition) is 2. The van der Waals surface area contributed by atoms with Crippen molar-refractivity contribution in [3.63, 3.8) is 0 Å². The van der Waals surface area contributed by atoms with Gasteiger partial charge in [0.2, 0.25) is 5.88 Å². The molecule has 1 aromatic rings. The highest BCUT2D eigenvalue weighted by atomic mass is 16.5. The third-order valence-corrected chi connectivity index (χ3v) is 4.61. The number of rotatable bonds is 5. The second-order valence-corrected chi connectivity index (χ2v) is 6.42. The van der Waals surface area contributed by atoms with Crippen molar-refractivity contribution >= 4 is 11.7 Å². The number of urea groups is 1. The van der Waals surface area contributed by atoms with Gasteiger partial charge in [-0.25, -0.2) is 9.78 Å². The zero-order chi connectivity index (χ0) is 16.1. The summed E-state index contributed by atoms with van der Waals surface area (Å²) in [6.07, 6.45) is 7.59. The van der Waals surface area contributed by atoms with Crippen LogP contribution < -0.4 is 15.4 Å². The minimum Gasteiger partial charge on any atom is -0.474 e. The molecule has 2 fully saturated rings. The molecule has 6 nitrogen and oxygen atoms in total. The Labute approximate surface area is 137 Å². The van der Waals surface area contributed by atoms with Crippen LogP contribution in [0.15, 0.2) is 18.3 Å². The summed E-state index contributed by atoms with van der Waals surface area (Å²) < 4.78 is 11.2. The summed E-state index contributed by atoms with van der Waals surface area (Å²) in [5, 5.41) is 5.76. The van der Waals surface area contributed by atoms with E-state index in [4.69, 9.17) is 9.47 Å². The summed E-state index contributed by atoms with van der Waals surface area (Å²) in [4.78, 5) is 16.3. The Morgan fingerprint density at radius 1 is 1.35 bits per heavy atom. The van der Waals surface area contributed by atoms with Crippen molar-refractivity contribution in [2.24, 2.45) is 5.92 Å². The molecule has 23 heavy (non-hydrogen) atoms. The predicted molar refractivity (Wildman–Crippen MR) is 87.7 cm³/mol. The SMILES string of the molecule is CC(NC(=O)Nc1ccc(OC2CCCC2)nc1)C1CCOC1. The van der Waals surface area contributed by atoms with Crippen LogP contribution in [0.5, 0.6) is 5.88 Å². The molecule has 2 atom stereocenters. The number of nitrogens with zero attached hydrogens (tertiary/aromatic N) is 1. The van der Waals surface area contributed by atoms with E-state index in [0.717, 1.165) is 32.5 Å². The van der Waals surface area contributed by atoms with Crippen molar-refractivity contribution in [3.8, 4) is 5.88 Å². The molecule has 0 aromatic carbocycles. The van der Waals surface area contributed by atoms with E-state index in [9.17, 15) is 4.79 Å². The third kappa shape index (κ3) is 4.58. The van der Waals surface area contributed by atoms with Gasteiger partial charge in [-0.05, 0) is 45.1 Å². The minimum absolute atomic E-state index is 0.0930. The quantitative estimate of drug-likeness (QED) is 0.875. The molecular weight excluding hydrogens is 294 g/mol. The molecule has 1 aliphatic heterocycles. The summed E-state index contributed by atoms with van der Waals surface area (Å²) in [5.41, 5.74) is 0.663. The molecule has 3 rings (SSSR count). The highest BCUT2D eigenvalue weighted by molar-refractivity contribution is 5.89. The molecule has 126 valence electrons. The van der Waals surface area contributed by atoms with Gasteiger partial charge in [0.1, 0.15) is 6.10 Å². The van der Waals surface area contributed by atoms with Crippen LogP contribution >= 0.6 is 0 Å². The van der Waals surface area contributed by atoms with Gasteiger partial charge in [-0.15, -0.1) is 0 Å². The number of anilines is 1. The number of carbonyl (C=O) groups excluding carboxylic acids is 1. The zero-order valence-electron chi connectivity index (χ0n) is 13.6. The van der Waals surface area contributed by atoms with Gasteiger partial charge in [0.05, 0.1) is 18.5 Å². The molecule has 2 amide bonds. The van der Waals surface area contributed by atoms with Crippen LogP contribution in [0, 0.1) is 5.92 Å². The van der Waals surface area contributed by atoms with Gasteiger partial charge in [-0.1, -0.05) is 0 Å². The van der Waals surface area contributed by atoms with Crippen LogP contribution in [0.2, 0.25) is 0 Å². The fraction of sp³-hybridized carbons (Fsp3) is 0.647. The molecule has 2 N–H and O–H groups in total. The van der Waals surface area contributed by atoms with Gasteiger partial charge in [0, 0.05) is 24.6 Å². The fourth-order valence-corrected chi connectivity index (χ4v) is 3.14.